The third-order valence-electron chi connectivity index (χ3n) is 1.62. The Kier molecular flexibility index (Phi) is 3.19. The van der Waals surface area contributed by atoms with Gasteiger partial charge >= 0.3 is 5.97 Å². The molecule has 4 heteroatoms. The van der Waals surface area contributed by atoms with Gasteiger partial charge < -0.3 is 4.74 Å². The van der Waals surface area contributed by atoms with Gasteiger partial charge in [0.05, 0.1) is 5.56 Å². The van der Waals surface area contributed by atoms with Gasteiger partial charge in [-0.15, -0.1) is 4.91 Å². The Labute approximate surface area is 88.2 Å². The normalized spacial score (nSPS) is 10.9. The second kappa shape index (κ2) is 4.21. The highest BCUT2D eigenvalue weighted by atomic mass is 16.6. The van der Waals surface area contributed by atoms with E-state index in [1.807, 2.05) is 0 Å². The van der Waals surface area contributed by atoms with Gasteiger partial charge in [-0.2, -0.15) is 0 Å². The standard InChI is InChI=1S/C11H13NO3/c1-11(2,3)15-10(13)8-6-4-5-7-9(8)12-14/h4-7H,1-3H3. The van der Waals surface area contributed by atoms with E-state index >= 15 is 0 Å². The van der Waals surface area contributed by atoms with Crippen molar-refractivity contribution in [3.63, 3.8) is 0 Å². The van der Waals surface area contributed by atoms with Gasteiger partial charge in [-0.05, 0) is 38.1 Å². The number of hydrogen-bond acceptors (Lipinski definition) is 4. The van der Waals surface area contributed by atoms with Crippen LogP contribution in [0.4, 0.5) is 5.69 Å². The minimum Gasteiger partial charge on any atom is -0.456 e. The van der Waals surface area contributed by atoms with Crippen LogP contribution in [0.5, 0.6) is 0 Å². The minimum atomic E-state index is -0.576. The minimum absolute atomic E-state index is 0.103. The Hall–Kier alpha value is -1.71. The number of benzene rings is 1. The first-order chi connectivity index (χ1) is 6.94. The summed E-state index contributed by atoms with van der Waals surface area (Å²) in [6.45, 7) is 5.30. The summed E-state index contributed by atoms with van der Waals surface area (Å²) in [6, 6.07) is 6.30. The summed E-state index contributed by atoms with van der Waals surface area (Å²) < 4.78 is 5.13. The van der Waals surface area contributed by atoms with E-state index in [2.05, 4.69) is 5.18 Å². The molecule has 0 atom stereocenters. The molecule has 0 spiro atoms. The van der Waals surface area contributed by atoms with E-state index in [9.17, 15) is 9.70 Å². The number of esters is 1. The zero-order chi connectivity index (χ0) is 11.5. The van der Waals surface area contributed by atoms with Gasteiger partial charge in [0.25, 0.3) is 0 Å². The molecule has 1 aromatic rings. The lowest BCUT2D eigenvalue weighted by molar-refractivity contribution is 0.00706. The Morgan fingerprint density at radius 1 is 1.27 bits per heavy atom. The Bertz CT molecular complexity index is 380. The number of ether oxygens (including phenoxy) is 1. The third kappa shape index (κ3) is 3.16. The van der Waals surface area contributed by atoms with Crippen LogP contribution in [0.15, 0.2) is 29.4 Å². The van der Waals surface area contributed by atoms with Crippen LogP contribution in [0.2, 0.25) is 0 Å². The maximum Gasteiger partial charge on any atom is 0.340 e. The Morgan fingerprint density at radius 3 is 2.40 bits per heavy atom. The van der Waals surface area contributed by atoms with Crippen molar-refractivity contribution in [3.05, 3.63) is 34.7 Å². The summed E-state index contributed by atoms with van der Waals surface area (Å²) in [5, 5.41) is 2.77. The van der Waals surface area contributed by atoms with Crippen molar-refractivity contribution in [2.24, 2.45) is 5.18 Å². The second-order valence-corrected chi connectivity index (χ2v) is 4.11. The fraction of sp³-hybridized carbons (Fsp3) is 0.364. The van der Waals surface area contributed by atoms with Crippen LogP contribution in [0.1, 0.15) is 31.1 Å². The van der Waals surface area contributed by atoms with Crippen LogP contribution >= 0.6 is 0 Å². The monoisotopic (exact) mass is 207 g/mol. The maximum atomic E-state index is 11.6. The molecular weight excluding hydrogens is 194 g/mol. The molecule has 0 aliphatic heterocycles. The lowest BCUT2D eigenvalue weighted by Crippen LogP contribution is -2.23. The summed E-state index contributed by atoms with van der Waals surface area (Å²) in [4.78, 5) is 22.1. The summed E-state index contributed by atoms with van der Waals surface area (Å²) in [5.74, 6) is -0.530. The molecule has 0 radical (unpaired) electrons. The summed E-state index contributed by atoms with van der Waals surface area (Å²) >= 11 is 0. The number of nitroso groups, excluding NO2 is 1. The van der Waals surface area contributed by atoms with Crippen LogP contribution < -0.4 is 0 Å². The third-order valence-corrected chi connectivity index (χ3v) is 1.62. The fourth-order valence-corrected chi connectivity index (χ4v) is 1.06. The van der Waals surface area contributed by atoms with Gasteiger partial charge in [0.1, 0.15) is 11.3 Å². The average Bonchev–Trinajstić information content (AvgIpc) is 2.15. The molecule has 0 bridgehead atoms. The van der Waals surface area contributed by atoms with Crippen molar-refractivity contribution < 1.29 is 9.53 Å². The quantitative estimate of drug-likeness (QED) is 0.553. The van der Waals surface area contributed by atoms with Gasteiger partial charge in [-0.1, -0.05) is 12.1 Å². The number of nitrogens with zero attached hydrogens (tertiary/aromatic N) is 1. The van der Waals surface area contributed by atoms with Gasteiger partial charge in [-0.3, -0.25) is 0 Å². The molecular formula is C11H13NO3. The number of hydrogen-bond donors (Lipinski definition) is 0. The summed E-state index contributed by atoms with van der Waals surface area (Å²) in [6.07, 6.45) is 0. The molecule has 0 fully saturated rings. The molecule has 0 aliphatic carbocycles. The molecule has 0 saturated carbocycles. The first-order valence-electron chi connectivity index (χ1n) is 4.60. The van der Waals surface area contributed by atoms with Gasteiger partial charge in [-0.25, -0.2) is 4.79 Å². The molecule has 0 N–H and O–H groups in total. The van der Waals surface area contributed by atoms with Crippen molar-refractivity contribution in [1.82, 2.24) is 0 Å². The average molecular weight is 207 g/mol. The zero-order valence-electron chi connectivity index (χ0n) is 8.98. The largest absolute Gasteiger partial charge is 0.456 e. The predicted molar refractivity (Wildman–Crippen MR) is 57.1 cm³/mol. The lowest BCUT2D eigenvalue weighted by Gasteiger charge is -2.19. The van der Waals surface area contributed by atoms with E-state index < -0.39 is 11.6 Å². The van der Waals surface area contributed by atoms with Crippen molar-refractivity contribution in [2.75, 3.05) is 0 Å². The summed E-state index contributed by atoms with van der Waals surface area (Å²) in [7, 11) is 0. The SMILES string of the molecule is CC(C)(C)OC(=O)c1ccccc1N=O. The van der Waals surface area contributed by atoms with Crippen molar-refractivity contribution in [3.8, 4) is 0 Å². The van der Waals surface area contributed by atoms with Crippen molar-refractivity contribution in [1.29, 1.82) is 0 Å². The first-order valence-corrected chi connectivity index (χ1v) is 4.60. The molecule has 0 aliphatic rings. The fourth-order valence-electron chi connectivity index (χ4n) is 1.06. The van der Waals surface area contributed by atoms with Crippen LogP contribution in [-0.4, -0.2) is 11.6 Å². The first kappa shape index (κ1) is 11.4. The molecule has 1 aromatic carbocycles. The molecule has 0 unspecified atom stereocenters. The highest BCUT2D eigenvalue weighted by Gasteiger charge is 2.20. The van der Waals surface area contributed by atoms with E-state index in [-0.39, 0.29) is 11.3 Å². The number of carbonyl (C=O) groups is 1. The molecule has 4 nitrogen and oxygen atoms in total. The molecule has 1 rings (SSSR count). The molecule has 0 saturated heterocycles. The maximum absolute atomic E-state index is 11.6. The van der Waals surface area contributed by atoms with Crippen LogP contribution in [0.3, 0.4) is 0 Å². The van der Waals surface area contributed by atoms with E-state index in [0.29, 0.717) is 0 Å². The van der Waals surface area contributed by atoms with E-state index in [0.717, 1.165) is 0 Å². The molecule has 0 heterocycles. The molecule has 15 heavy (non-hydrogen) atoms. The van der Waals surface area contributed by atoms with Gasteiger partial charge in [0.15, 0.2) is 0 Å². The lowest BCUT2D eigenvalue weighted by atomic mass is 10.1. The van der Waals surface area contributed by atoms with Gasteiger partial charge in [0, 0.05) is 0 Å². The highest BCUT2D eigenvalue weighted by Crippen LogP contribution is 2.21. The number of rotatable bonds is 2. The van der Waals surface area contributed by atoms with Crippen LogP contribution in [0, 0.1) is 4.91 Å². The molecule has 80 valence electrons. The Morgan fingerprint density at radius 2 is 1.87 bits per heavy atom. The van der Waals surface area contributed by atoms with E-state index in [1.165, 1.54) is 12.1 Å². The second-order valence-electron chi connectivity index (χ2n) is 4.11. The van der Waals surface area contributed by atoms with Crippen LogP contribution in [0.25, 0.3) is 0 Å². The highest BCUT2D eigenvalue weighted by molar-refractivity contribution is 5.94. The van der Waals surface area contributed by atoms with Crippen molar-refractivity contribution >= 4 is 11.7 Å². The van der Waals surface area contributed by atoms with E-state index in [4.69, 9.17) is 4.74 Å². The Balaban J connectivity index is 2.96. The predicted octanol–water partition coefficient (Wildman–Crippen LogP) is 3.04. The van der Waals surface area contributed by atoms with Gasteiger partial charge in [0.2, 0.25) is 0 Å². The molecule has 0 aromatic heterocycles. The number of carbonyl (C=O) groups excluding carboxylic acids is 1. The van der Waals surface area contributed by atoms with Crippen molar-refractivity contribution in [2.45, 2.75) is 26.4 Å². The zero-order valence-corrected chi connectivity index (χ0v) is 8.98. The topological polar surface area (TPSA) is 55.7 Å². The van der Waals surface area contributed by atoms with Crippen LogP contribution in [-0.2, 0) is 4.74 Å². The van der Waals surface area contributed by atoms with E-state index in [1.54, 1.807) is 32.9 Å². The summed E-state index contributed by atoms with van der Waals surface area (Å²) in [5.41, 5.74) is -0.276. The molecule has 0 amide bonds. The smallest absolute Gasteiger partial charge is 0.340 e.